The highest BCUT2D eigenvalue weighted by atomic mass is 16.5. The SMILES string of the molecule is COCCNCc1ccc2c(c1)CNCC2. The van der Waals surface area contributed by atoms with Crippen molar-refractivity contribution in [2.45, 2.75) is 19.5 Å². The number of benzene rings is 1. The molecule has 0 fully saturated rings. The quantitative estimate of drug-likeness (QED) is 0.728. The molecule has 2 N–H and O–H groups in total. The molecule has 3 nitrogen and oxygen atoms in total. The van der Waals surface area contributed by atoms with Crippen LogP contribution in [0.25, 0.3) is 0 Å². The summed E-state index contributed by atoms with van der Waals surface area (Å²) in [5.74, 6) is 0. The van der Waals surface area contributed by atoms with Gasteiger partial charge in [-0.15, -0.1) is 0 Å². The summed E-state index contributed by atoms with van der Waals surface area (Å²) in [6, 6.07) is 6.80. The Kier molecular flexibility index (Phi) is 4.34. The molecule has 0 radical (unpaired) electrons. The third kappa shape index (κ3) is 3.04. The number of hydrogen-bond donors (Lipinski definition) is 2. The Morgan fingerprint density at radius 2 is 2.31 bits per heavy atom. The highest BCUT2D eigenvalue weighted by Crippen LogP contribution is 2.15. The van der Waals surface area contributed by atoms with E-state index in [0.717, 1.165) is 39.2 Å². The molecule has 0 aromatic heterocycles. The van der Waals surface area contributed by atoms with Crippen molar-refractivity contribution in [2.75, 3.05) is 26.8 Å². The number of ether oxygens (including phenoxy) is 1. The normalized spacial score (nSPS) is 14.8. The van der Waals surface area contributed by atoms with Crippen molar-refractivity contribution in [3.63, 3.8) is 0 Å². The van der Waals surface area contributed by atoms with Crippen molar-refractivity contribution in [1.29, 1.82) is 0 Å². The Balaban J connectivity index is 1.90. The minimum atomic E-state index is 0.770. The van der Waals surface area contributed by atoms with Gasteiger partial charge >= 0.3 is 0 Å². The van der Waals surface area contributed by atoms with Crippen LogP contribution < -0.4 is 10.6 Å². The molecule has 3 heteroatoms. The Labute approximate surface area is 97.2 Å². The van der Waals surface area contributed by atoms with Crippen LogP contribution in [-0.2, 0) is 24.2 Å². The molecule has 0 bridgehead atoms. The van der Waals surface area contributed by atoms with Crippen molar-refractivity contribution in [1.82, 2.24) is 10.6 Å². The molecule has 1 aliphatic rings. The second-order valence-corrected chi connectivity index (χ2v) is 4.20. The highest BCUT2D eigenvalue weighted by Gasteiger charge is 2.08. The van der Waals surface area contributed by atoms with Crippen LogP contribution in [0.3, 0.4) is 0 Å². The van der Waals surface area contributed by atoms with Gasteiger partial charge in [-0.05, 0) is 29.7 Å². The zero-order chi connectivity index (χ0) is 11.2. The summed E-state index contributed by atoms with van der Waals surface area (Å²) in [6.07, 6.45) is 1.16. The van der Waals surface area contributed by atoms with Gasteiger partial charge in [-0.3, -0.25) is 0 Å². The lowest BCUT2D eigenvalue weighted by molar-refractivity contribution is 0.199. The first kappa shape index (κ1) is 11.6. The molecule has 1 aromatic rings. The van der Waals surface area contributed by atoms with E-state index in [0.29, 0.717) is 0 Å². The summed E-state index contributed by atoms with van der Waals surface area (Å²) in [5.41, 5.74) is 4.32. The number of rotatable bonds is 5. The molecule has 0 saturated carbocycles. The third-order valence-corrected chi connectivity index (χ3v) is 2.97. The van der Waals surface area contributed by atoms with Gasteiger partial charge in [-0.25, -0.2) is 0 Å². The Morgan fingerprint density at radius 3 is 3.19 bits per heavy atom. The maximum absolute atomic E-state index is 5.00. The molecule has 0 saturated heterocycles. The molecule has 1 aromatic carbocycles. The molecular formula is C13H20N2O. The van der Waals surface area contributed by atoms with Crippen molar-refractivity contribution in [2.24, 2.45) is 0 Å². The first-order chi connectivity index (χ1) is 7.90. The van der Waals surface area contributed by atoms with Crippen molar-refractivity contribution < 1.29 is 4.74 Å². The number of fused-ring (bicyclic) bond motifs is 1. The van der Waals surface area contributed by atoms with E-state index in [1.807, 2.05) is 0 Å². The van der Waals surface area contributed by atoms with Crippen LogP contribution in [0.5, 0.6) is 0 Å². The van der Waals surface area contributed by atoms with Gasteiger partial charge in [0, 0.05) is 26.7 Å². The predicted octanol–water partition coefficient (Wildman–Crippen LogP) is 1.07. The van der Waals surface area contributed by atoms with Crippen LogP contribution >= 0.6 is 0 Å². The van der Waals surface area contributed by atoms with Crippen LogP contribution in [0.15, 0.2) is 18.2 Å². The van der Waals surface area contributed by atoms with Gasteiger partial charge in [0.25, 0.3) is 0 Å². The maximum Gasteiger partial charge on any atom is 0.0587 e. The number of hydrogen-bond acceptors (Lipinski definition) is 3. The zero-order valence-electron chi connectivity index (χ0n) is 9.88. The van der Waals surface area contributed by atoms with Crippen LogP contribution in [0.4, 0.5) is 0 Å². The van der Waals surface area contributed by atoms with Crippen LogP contribution in [0.2, 0.25) is 0 Å². The topological polar surface area (TPSA) is 33.3 Å². The summed E-state index contributed by atoms with van der Waals surface area (Å²) in [4.78, 5) is 0. The molecule has 0 unspecified atom stereocenters. The fourth-order valence-electron chi connectivity index (χ4n) is 2.05. The van der Waals surface area contributed by atoms with E-state index in [4.69, 9.17) is 4.74 Å². The van der Waals surface area contributed by atoms with Crippen LogP contribution in [0, 0.1) is 0 Å². The van der Waals surface area contributed by atoms with Crippen molar-refractivity contribution in [3.8, 4) is 0 Å². The molecule has 1 aliphatic heterocycles. The van der Waals surface area contributed by atoms with Crippen molar-refractivity contribution in [3.05, 3.63) is 34.9 Å². The van der Waals surface area contributed by atoms with Gasteiger partial charge in [0.2, 0.25) is 0 Å². The van der Waals surface area contributed by atoms with Gasteiger partial charge in [0.15, 0.2) is 0 Å². The van der Waals surface area contributed by atoms with E-state index in [9.17, 15) is 0 Å². The molecule has 0 aliphatic carbocycles. The van der Waals surface area contributed by atoms with E-state index >= 15 is 0 Å². The minimum Gasteiger partial charge on any atom is -0.383 e. The molecule has 88 valence electrons. The number of methoxy groups -OCH3 is 1. The van der Waals surface area contributed by atoms with Gasteiger partial charge < -0.3 is 15.4 Å². The van der Waals surface area contributed by atoms with E-state index in [2.05, 4.69) is 28.8 Å². The summed E-state index contributed by atoms with van der Waals surface area (Å²) in [5, 5.41) is 6.77. The molecule has 2 rings (SSSR count). The van der Waals surface area contributed by atoms with E-state index < -0.39 is 0 Å². The van der Waals surface area contributed by atoms with Gasteiger partial charge in [0.1, 0.15) is 0 Å². The lowest BCUT2D eigenvalue weighted by Crippen LogP contribution is -2.24. The molecule has 1 heterocycles. The van der Waals surface area contributed by atoms with E-state index in [1.165, 1.54) is 16.7 Å². The smallest absolute Gasteiger partial charge is 0.0587 e. The molecule has 16 heavy (non-hydrogen) atoms. The standard InChI is InChI=1S/C13H20N2O/c1-16-7-6-15-9-11-2-3-12-4-5-14-10-13(12)8-11/h2-3,8,14-15H,4-7,9-10H2,1H3. The molecule has 0 spiro atoms. The Hall–Kier alpha value is -0.900. The van der Waals surface area contributed by atoms with Gasteiger partial charge in [-0.2, -0.15) is 0 Å². The second kappa shape index (κ2) is 5.99. The maximum atomic E-state index is 5.00. The lowest BCUT2D eigenvalue weighted by Gasteiger charge is -2.18. The fourth-order valence-corrected chi connectivity index (χ4v) is 2.05. The molecule has 0 amide bonds. The Bertz CT molecular complexity index is 339. The summed E-state index contributed by atoms with van der Waals surface area (Å²) in [7, 11) is 1.73. The van der Waals surface area contributed by atoms with E-state index in [1.54, 1.807) is 7.11 Å². The van der Waals surface area contributed by atoms with Crippen LogP contribution in [-0.4, -0.2) is 26.8 Å². The summed E-state index contributed by atoms with van der Waals surface area (Å²) < 4.78 is 5.00. The minimum absolute atomic E-state index is 0.770. The molecule has 0 atom stereocenters. The highest BCUT2D eigenvalue weighted by molar-refractivity contribution is 5.33. The second-order valence-electron chi connectivity index (χ2n) is 4.20. The van der Waals surface area contributed by atoms with Gasteiger partial charge in [0.05, 0.1) is 6.61 Å². The average Bonchev–Trinajstić information content (AvgIpc) is 2.34. The van der Waals surface area contributed by atoms with E-state index in [-0.39, 0.29) is 0 Å². The predicted molar refractivity (Wildman–Crippen MR) is 65.4 cm³/mol. The average molecular weight is 220 g/mol. The van der Waals surface area contributed by atoms with Gasteiger partial charge in [-0.1, -0.05) is 18.2 Å². The number of nitrogens with one attached hydrogen (secondary N) is 2. The first-order valence-corrected chi connectivity index (χ1v) is 5.91. The van der Waals surface area contributed by atoms with Crippen LogP contribution in [0.1, 0.15) is 16.7 Å². The monoisotopic (exact) mass is 220 g/mol. The van der Waals surface area contributed by atoms with Crippen molar-refractivity contribution >= 4 is 0 Å². The molecular weight excluding hydrogens is 200 g/mol. The Morgan fingerprint density at radius 1 is 1.38 bits per heavy atom. The largest absolute Gasteiger partial charge is 0.383 e. The zero-order valence-corrected chi connectivity index (χ0v) is 9.88. The first-order valence-electron chi connectivity index (χ1n) is 5.91. The summed E-state index contributed by atoms with van der Waals surface area (Å²) >= 11 is 0. The summed E-state index contributed by atoms with van der Waals surface area (Å²) in [6.45, 7) is 4.73. The third-order valence-electron chi connectivity index (χ3n) is 2.97. The lowest BCUT2D eigenvalue weighted by atomic mass is 9.98. The fraction of sp³-hybridized carbons (Fsp3) is 0.538.